The third kappa shape index (κ3) is 4.84. The monoisotopic (exact) mass is 226 g/mol. The summed E-state index contributed by atoms with van der Waals surface area (Å²) in [6.07, 6.45) is 4.01. The fourth-order valence-corrected chi connectivity index (χ4v) is 2.85. The highest BCUT2D eigenvalue weighted by Gasteiger charge is 2.21. The quantitative estimate of drug-likeness (QED) is 0.775. The van der Waals surface area contributed by atoms with Gasteiger partial charge < -0.3 is 10.2 Å². The molecule has 0 aromatic rings. The van der Waals surface area contributed by atoms with Gasteiger partial charge in [0.15, 0.2) is 0 Å². The molecule has 3 unspecified atom stereocenters. The van der Waals surface area contributed by atoms with E-state index in [1.807, 2.05) is 0 Å². The molecule has 0 aliphatic carbocycles. The Balaban J connectivity index is 2.29. The van der Waals surface area contributed by atoms with Gasteiger partial charge >= 0.3 is 0 Å². The van der Waals surface area contributed by atoms with Crippen LogP contribution < -0.4 is 5.32 Å². The molecule has 1 rings (SSSR count). The van der Waals surface area contributed by atoms with Gasteiger partial charge in [-0.05, 0) is 58.5 Å². The Morgan fingerprint density at radius 3 is 2.56 bits per heavy atom. The van der Waals surface area contributed by atoms with E-state index >= 15 is 0 Å². The second kappa shape index (κ2) is 6.61. The number of hydrogen-bond donors (Lipinski definition) is 1. The summed E-state index contributed by atoms with van der Waals surface area (Å²) in [5.41, 5.74) is 0. The van der Waals surface area contributed by atoms with Gasteiger partial charge in [-0.2, -0.15) is 0 Å². The molecule has 0 amide bonds. The minimum absolute atomic E-state index is 0.715. The van der Waals surface area contributed by atoms with Crippen LogP contribution in [0.2, 0.25) is 0 Å². The van der Waals surface area contributed by atoms with Gasteiger partial charge in [-0.25, -0.2) is 0 Å². The maximum absolute atomic E-state index is 3.53. The van der Waals surface area contributed by atoms with Crippen molar-refractivity contribution in [2.45, 2.75) is 59.0 Å². The van der Waals surface area contributed by atoms with Crippen LogP contribution in [0.1, 0.15) is 47.0 Å². The molecule has 1 N–H and O–H groups in total. The zero-order valence-electron chi connectivity index (χ0n) is 11.8. The molecule has 2 heteroatoms. The van der Waals surface area contributed by atoms with E-state index < -0.39 is 0 Å². The zero-order valence-corrected chi connectivity index (χ0v) is 11.8. The minimum atomic E-state index is 0.715. The van der Waals surface area contributed by atoms with Crippen molar-refractivity contribution in [3.8, 4) is 0 Å². The first-order valence-corrected chi connectivity index (χ1v) is 6.92. The number of hydrogen-bond acceptors (Lipinski definition) is 2. The molecule has 0 aromatic heterocycles. The molecular formula is C14H30N2. The molecule has 0 bridgehead atoms. The van der Waals surface area contributed by atoms with Crippen LogP contribution in [-0.4, -0.2) is 37.1 Å². The zero-order chi connectivity index (χ0) is 12.1. The second-order valence-electron chi connectivity index (χ2n) is 6.16. The van der Waals surface area contributed by atoms with Gasteiger partial charge in [0.1, 0.15) is 0 Å². The standard InChI is InChI=1S/C14H30N2/c1-11(2)8-13(4)16(5)10-14-6-7-15-12(3)9-14/h11-15H,6-10H2,1-5H3. The highest BCUT2D eigenvalue weighted by molar-refractivity contribution is 4.78. The number of piperidine rings is 1. The van der Waals surface area contributed by atoms with Crippen molar-refractivity contribution < 1.29 is 0 Å². The Morgan fingerprint density at radius 1 is 1.31 bits per heavy atom. The summed E-state index contributed by atoms with van der Waals surface area (Å²) in [6, 6.07) is 1.44. The summed E-state index contributed by atoms with van der Waals surface area (Å²) < 4.78 is 0. The number of rotatable bonds is 5. The summed E-state index contributed by atoms with van der Waals surface area (Å²) in [7, 11) is 2.29. The second-order valence-corrected chi connectivity index (χ2v) is 6.16. The van der Waals surface area contributed by atoms with Crippen LogP contribution >= 0.6 is 0 Å². The largest absolute Gasteiger partial charge is 0.314 e. The summed E-state index contributed by atoms with van der Waals surface area (Å²) in [5.74, 6) is 1.71. The van der Waals surface area contributed by atoms with Crippen molar-refractivity contribution in [2.24, 2.45) is 11.8 Å². The molecule has 2 nitrogen and oxygen atoms in total. The van der Waals surface area contributed by atoms with Crippen LogP contribution in [0.15, 0.2) is 0 Å². The van der Waals surface area contributed by atoms with Crippen LogP contribution in [0.4, 0.5) is 0 Å². The number of nitrogens with zero attached hydrogens (tertiary/aromatic N) is 1. The van der Waals surface area contributed by atoms with Gasteiger partial charge in [0, 0.05) is 18.6 Å². The first kappa shape index (κ1) is 14.0. The molecule has 96 valence electrons. The van der Waals surface area contributed by atoms with E-state index in [4.69, 9.17) is 0 Å². The Kier molecular flexibility index (Phi) is 5.77. The smallest absolute Gasteiger partial charge is 0.00664 e. The van der Waals surface area contributed by atoms with Crippen molar-refractivity contribution in [3.05, 3.63) is 0 Å². The molecule has 0 radical (unpaired) electrons. The lowest BCUT2D eigenvalue weighted by molar-refractivity contribution is 0.168. The Labute approximate surface area is 102 Å². The van der Waals surface area contributed by atoms with Crippen molar-refractivity contribution in [2.75, 3.05) is 20.1 Å². The highest BCUT2D eigenvalue weighted by atomic mass is 15.1. The Morgan fingerprint density at radius 2 is 2.00 bits per heavy atom. The fourth-order valence-electron chi connectivity index (χ4n) is 2.85. The molecule has 1 aliphatic rings. The van der Waals surface area contributed by atoms with Crippen molar-refractivity contribution in [1.82, 2.24) is 10.2 Å². The summed E-state index contributed by atoms with van der Waals surface area (Å²) in [6.45, 7) is 11.8. The van der Waals surface area contributed by atoms with Gasteiger partial charge in [0.2, 0.25) is 0 Å². The van der Waals surface area contributed by atoms with E-state index in [0.717, 1.165) is 17.9 Å². The third-order valence-electron chi connectivity index (χ3n) is 3.84. The normalized spacial score (nSPS) is 28.7. The summed E-state index contributed by atoms with van der Waals surface area (Å²) in [4.78, 5) is 2.56. The van der Waals surface area contributed by atoms with Crippen LogP contribution in [0.5, 0.6) is 0 Å². The SMILES string of the molecule is CC(C)CC(C)N(C)CC1CCNC(C)C1. The Bertz CT molecular complexity index is 191. The predicted octanol–water partition coefficient (Wildman–Crippen LogP) is 2.74. The molecule has 3 atom stereocenters. The summed E-state index contributed by atoms with van der Waals surface area (Å²) >= 11 is 0. The van der Waals surface area contributed by atoms with E-state index in [2.05, 4.69) is 45.0 Å². The van der Waals surface area contributed by atoms with Crippen LogP contribution in [0.3, 0.4) is 0 Å². The van der Waals surface area contributed by atoms with Gasteiger partial charge in [-0.3, -0.25) is 0 Å². The van der Waals surface area contributed by atoms with Crippen LogP contribution in [0, 0.1) is 11.8 Å². The van der Waals surface area contributed by atoms with Crippen LogP contribution in [-0.2, 0) is 0 Å². The van der Waals surface area contributed by atoms with Crippen molar-refractivity contribution >= 4 is 0 Å². The van der Waals surface area contributed by atoms with E-state index in [-0.39, 0.29) is 0 Å². The Hall–Kier alpha value is -0.0800. The molecule has 0 saturated carbocycles. The van der Waals surface area contributed by atoms with E-state index in [0.29, 0.717) is 6.04 Å². The van der Waals surface area contributed by atoms with Crippen molar-refractivity contribution in [3.63, 3.8) is 0 Å². The maximum atomic E-state index is 3.53. The lowest BCUT2D eigenvalue weighted by Crippen LogP contribution is -2.42. The topological polar surface area (TPSA) is 15.3 Å². The predicted molar refractivity (Wildman–Crippen MR) is 71.7 cm³/mol. The highest BCUT2D eigenvalue weighted by Crippen LogP contribution is 2.19. The molecule has 1 fully saturated rings. The molecule has 1 aliphatic heterocycles. The van der Waals surface area contributed by atoms with Gasteiger partial charge in [0.25, 0.3) is 0 Å². The lowest BCUT2D eigenvalue weighted by atomic mass is 9.92. The molecule has 0 aromatic carbocycles. The van der Waals surface area contributed by atoms with Gasteiger partial charge in [-0.1, -0.05) is 13.8 Å². The number of nitrogens with one attached hydrogen (secondary N) is 1. The third-order valence-corrected chi connectivity index (χ3v) is 3.84. The van der Waals surface area contributed by atoms with Gasteiger partial charge in [0.05, 0.1) is 0 Å². The molecular weight excluding hydrogens is 196 g/mol. The van der Waals surface area contributed by atoms with E-state index in [1.165, 1.54) is 32.4 Å². The summed E-state index contributed by atoms with van der Waals surface area (Å²) in [5, 5.41) is 3.53. The van der Waals surface area contributed by atoms with Crippen molar-refractivity contribution in [1.29, 1.82) is 0 Å². The fraction of sp³-hybridized carbons (Fsp3) is 1.00. The van der Waals surface area contributed by atoms with E-state index in [1.54, 1.807) is 0 Å². The molecule has 1 saturated heterocycles. The minimum Gasteiger partial charge on any atom is -0.314 e. The maximum Gasteiger partial charge on any atom is 0.00664 e. The molecule has 0 spiro atoms. The van der Waals surface area contributed by atoms with E-state index in [9.17, 15) is 0 Å². The molecule has 16 heavy (non-hydrogen) atoms. The average Bonchev–Trinajstić information content (AvgIpc) is 2.16. The first-order chi connectivity index (χ1) is 7.49. The average molecular weight is 226 g/mol. The molecule has 1 heterocycles. The lowest BCUT2D eigenvalue weighted by Gasteiger charge is -2.34. The van der Waals surface area contributed by atoms with Crippen LogP contribution in [0.25, 0.3) is 0 Å². The first-order valence-electron chi connectivity index (χ1n) is 6.92. The van der Waals surface area contributed by atoms with Gasteiger partial charge in [-0.15, -0.1) is 0 Å².